The van der Waals surface area contributed by atoms with Gasteiger partial charge in [-0.05, 0) is 55.2 Å². The summed E-state index contributed by atoms with van der Waals surface area (Å²) in [6.45, 7) is 4.46. The normalized spacial score (nSPS) is 21.4. The molecule has 2 amide bonds. The molecule has 30 heavy (non-hydrogen) atoms. The third kappa shape index (κ3) is 5.29. The minimum Gasteiger partial charge on any atom is -0.354 e. The molecule has 2 aliphatic rings. The number of carbonyl (C=O) groups excluding carboxylic acids is 2. The third-order valence-electron chi connectivity index (χ3n) is 6.16. The minimum absolute atomic E-state index is 0.0492. The van der Waals surface area contributed by atoms with Gasteiger partial charge in [0.15, 0.2) is 0 Å². The van der Waals surface area contributed by atoms with Gasteiger partial charge in [-0.2, -0.15) is 0 Å². The first-order valence-corrected chi connectivity index (χ1v) is 12.0. The van der Waals surface area contributed by atoms with E-state index in [0.717, 1.165) is 44.5 Å². The van der Waals surface area contributed by atoms with Crippen molar-refractivity contribution in [3.8, 4) is 0 Å². The first kappa shape index (κ1) is 21.1. The number of amides is 2. The van der Waals surface area contributed by atoms with Crippen LogP contribution in [0.25, 0.3) is 0 Å². The van der Waals surface area contributed by atoms with Gasteiger partial charge < -0.3 is 10.2 Å². The number of hydrogen-bond donors (Lipinski definition) is 1. The van der Waals surface area contributed by atoms with Gasteiger partial charge in [-0.25, -0.2) is 0 Å². The molecule has 5 nitrogen and oxygen atoms in total. The summed E-state index contributed by atoms with van der Waals surface area (Å²) in [4.78, 5) is 31.5. The molecule has 2 aliphatic heterocycles. The smallest absolute Gasteiger partial charge is 0.247 e. The fraction of sp³-hybridized carbons (Fsp3) is 0.500. The van der Waals surface area contributed by atoms with Crippen LogP contribution in [0.5, 0.6) is 0 Å². The Balaban J connectivity index is 1.38. The number of nitrogens with zero attached hydrogens (tertiary/aromatic N) is 2. The van der Waals surface area contributed by atoms with Crippen LogP contribution in [0, 0.1) is 5.92 Å². The van der Waals surface area contributed by atoms with Crippen molar-refractivity contribution in [1.29, 1.82) is 0 Å². The van der Waals surface area contributed by atoms with Gasteiger partial charge in [-0.15, -0.1) is 11.3 Å². The first-order chi connectivity index (χ1) is 14.7. The van der Waals surface area contributed by atoms with Crippen LogP contribution in [0.1, 0.15) is 48.6 Å². The van der Waals surface area contributed by atoms with Crippen LogP contribution < -0.4 is 5.32 Å². The van der Waals surface area contributed by atoms with E-state index in [1.807, 2.05) is 30.3 Å². The Morgan fingerprint density at radius 1 is 1.10 bits per heavy atom. The van der Waals surface area contributed by atoms with Crippen molar-refractivity contribution in [1.82, 2.24) is 15.1 Å². The van der Waals surface area contributed by atoms with E-state index < -0.39 is 6.04 Å². The molecule has 2 fully saturated rings. The summed E-state index contributed by atoms with van der Waals surface area (Å²) in [7, 11) is 0. The molecule has 0 aliphatic carbocycles. The van der Waals surface area contributed by atoms with E-state index >= 15 is 0 Å². The molecule has 0 saturated carbocycles. The Morgan fingerprint density at radius 3 is 2.73 bits per heavy atom. The van der Waals surface area contributed by atoms with Gasteiger partial charge in [-0.1, -0.05) is 36.4 Å². The number of thiophene rings is 1. The quantitative estimate of drug-likeness (QED) is 0.734. The van der Waals surface area contributed by atoms with Gasteiger partial charge in [0.05, 0.1) is 0 Å². The fourth-order valence-electron chi connectivity index (χ4n) is 4.63. The number of hydrogen-bond acceptors (Lipinski definition) is 4. The summed E-state index contributed by atoms with van der Waals surface area (Å²) in [5, 5.41) is 5.32. The molecule has 1 aromatic heterocycles. The Hall–Kier alpha value is -2.18. The standard InChI is InChI=1S/C24H31N3O2S/c28-22-12-4-5-14-27(22)23(20-9-2-1-3-10-20)24(29)25-16-19-8-6-13-26(17-19)18-21-11-7-15-30-21/h1-3,7,9-11,15,19,23H,4-6,8,12-14,16-18H2,(H,25,29). The molecule has 1 aromatic carbocycles. The predicted octanol–water partition coefficient (Wildman–Crippen LogP) is 3.83. The lowest BCUT2D eigenvalue weighted by Crippen LogP contribution is -2.47. The van der Waals surface area contributed by atoms with Crippen LogP contribution in [-0.2, 0) is 16.1 Å². The Kier molecular flexibility index (Phi) is 7.18. The largest absolute Gasteiger partial charge is 0.354 e. The second kappa shape index (κ2) is 10.2. The van der Waals surface area contributed by atoms with Crippen LogP contribution in [-0.4, -0.2) is 47.8 Å². The van der Waals surface area contributed by atoms with Gasteiger partial charge >= 0.3 is 0 Å². The monoisotopic (exact) mass is 425 g/mol. The van der Waals surface area contributed by atoms with Gasteiger partial charge in [0.1, 0.15) is 6.04 Å². The summed E-state index contributed by atoms with van der Waals surface area (Å²) < 4.78 is 0. The van der Waals surface area contributed by atoms with Gasteiger partial charge in [0.25, 0.3) is 0 Å². The fourth-order valence-corrected chi connectivity index (χ4v) is 5.38. The highest BCUT2D eigenvalue weighted by molar-refractivity contribution is 7.09. The molecule has 2 unspecified atom stereocenters. The molecule has 0 spiro atoms. The topological polar surface area (TPSA) is 52.7 Å². The highest BCUT2D eigenvalue weighted by Gasteiger charge is 2.33. The first-order valence-electron chi connectivity index (χ1n) is 11.1. The van der Waals surface area contributed by atoms with Crippen LogP contribution in [0.3, 0.4) is 0 Å². The summed E-state index contributed by atoms with van der Waals surface area (Å²) in [6.07, 6.45) is 4.72. The van der Waals surface area contributed by atoms with Crippen LogP contribution >= 0.6 is 11.3 Å². The SMILES string of the molecule is O=C(NCC1CCCN(Cc2cccs2)C1)C(c1ccccc1)N1CCCCC1=O. The molecule has 3 heterocycles. The molecule has 1 N–H and O–H groups in total. The zero-order valence-electron chi connectivity index (χ0n) is 17.5. The maximum absolute atomic E-state index is 13.3. The molecule has 2 atom stereocenters. The van der Waals surface area contributed by atoms with E-state index in [-0.39, 0.29) is 11.8 Å². The second-order valence-electron chi connectivity index (χ2n) is 8.43. The van der Waals surface area contributed by atoms with E-state index in [4.69, 9.17) is 0 Å². The summed E-state index contributed by atoms with van der Waals surface area (Å²) in [6, 6.07) is 13.5. The highest BCUT2D eigenvalue weighted by atomic mass is 32.1. The van der Waals surface area contributed by atoms with Gasteiger partial charge in [-0.3, -0.25) is 14.5 Å². The summed E-state index contributed by atoms with van der Waals surface area (Å²) in [5.41, 5.74) is 0.896. The van der Waals surface area contributed by atoms with Crippen LogP contribution in [0.15, 0.2) is 47.8 Å². The molecule has 6 heteroatoms. The maximum Gasteiger partial charge on any atom is 0.247 e. The Bertz CT molecular complexity index is 824. The zero-order chi connectivity index (χ0) is 20.8. The molecule has 2 aromatic rings. The summed E-state index contributed by atoms with van der Waals surface area (Å²) in [5.74, 6) is 0.494. The van der Waals surface area contributed by atoms with Crippen molar-refractivity contribution in [3.63, 3.8) is 0 Å². The lowest BCUT2D eigenvalue weighted by atomic mass is 9.97. The minimum atomic E-state index is -0.523. The number of likely N-dealkylation sites (tertiary alicyclic amines) is 2. The predicted molar refractivity (Wildman–Crippen MR) is 120 cm³/mol. The lowest BCUT2D eigenvalue weighted by molar-refractivity contribution is -0.142. The van der Waals surface area contributed by atoms with Gasteiger partial charge in [0, 0.05) is 37.5 Å². The van der Waals surface area contributed by atoms with Crippen molar-refractivity contribution in [2.24, 2.45) is 5.92 Å². The highest BCUT2D eigenvalue weighted by Crippen LogP contribution is 2.26. The van der Waals surface area contributed by atoms with E-state index in [9.17, 15) is 9.59 Å². The molecule has 0 radical (unpaired) electrons. The average molecular weight is 426 g/mol. The van der Waals surface area contributed by atoms with Crippen molar-refractivity contribution in [3.05, 3.63) is 58.3 Å². The summed E-state index contributed by atoms with van der Waals surface area (Å²) >= 11 is 1.80. The number of benzene rings is 1. The molecule has 0 bridgehead atoms. The van der Waals surface area contributed by atoms with Crippen molar-refractivity contribution in [2.45, 2.75) is 44.7 Å². The van der Waals surface area contributed by atoms with Gasteiger partial charge in [0.2, 0.25) is 11.8 Å². The van der Waals surface area contributed by atoms with Crippen LogP contribution in [0.2, 0.25) is 0 Å². The van der Waals surface area contributed by atoms with E-state index in [1.54, 1.807) is 16.2 Å². The molecular weight excluding hydrogens is 394 g/mol. The Morgan fingerprint density at radius 2 is 1.97 bits per heavy atom. The van der Waals surface area contributed by atoms with E-state index in [0.29, 0.717) is 25.4 Å². The lowest BCUT2D eigenvalue weighted by Gasteiger charge is -2.35. The number of nitrogens with one attached hydrogen (secondary N) is 1. The molecule has 2 saturated heterocycles. The number of carbonyl (C=O) groups is 2. The van der Waals surface area contributed by atoms with Crippen molar-refractivity contribution in [2.75, 3.05) is 26.2 Å². The Labute approximate surface area is 183 Å². The molecular formula is C24H31N3O2S. The van der Waals surface area contributed by atoms with Crippen molar-refractivity contribution < 1.29 is 9.59 Å². The van der Waals surface area contributed by atoms with E-state index in [1.165, 1.54) is 11.3 Å². The number of piperidine rings is 2. The molecule has 160 valence electrons. The van der Waals surface area contributed by atoms with E-state index in [2.05, 4.69) is 27.7 Å². The van der Waals surface area contributed by atoms with Crippen molar-refractivity contribution >= 4 is 23.2 Å². The second-order valence-corrected chi connectivity index (χ2v) is 9.46. The zero-order valence-corrected chi connectivity index (χ0v) is 18.3. The third-order valence-corrected chi connectivity index (χ3v) is 7.02. The maximum atomic E-state index is 13.3. The average Bonchev–Trinajstić information content (AvgIpc) is 3.28. The molecule has 4 rings (SSSR count). The number of rotatable bonds is 7. The van der Waals surface area contributed by atoms with Crippen LogP contribution in [0.4, 0.5) is 0 Å².